The van der Waals surface area contributed by atoms with Crippen LogP contribution in [0.2, 0.25) is 0 Å². The van der Waals surface area contributed by atoms with Gasteiger partial charge in [0.05, 0.1) is 7.11 Å². The van der Waals surface area contributed by atoms with Crippen LogP contribution in [0.25, 0.3) is 0 Å². The first-order chi connectivity index (χ1) is 7.06. The Labute approximate surface area is 98.8 Å². The zero-order valence-corrected chi connectivity index (χ0v) is 10.7. The molecule has 1 aromatic rings. The largest absolute Gasteiger partial charge is 0.468 e. The predicted molar refractivity (Wildman–Crippen MR) is 64.2 cm³/mol. The minimum absolute atomic E-state index is 0.271. The Bertz CT molecular complexity index is 330. The molecule has 1 aromatic carbocycles. The summed E-state index contributed by atoms with van der Waals surface area (Å²) in [7, 11) is 1.39. The van der Waals surface area contributed by atoms with Gasteiger partial charge in [0.15, 0.2) is 0 Å². The smallest absolute Gasteiger partial charge is 0.323 e. The molecule has 15 heavy (non-hydrogen) atoms. The Morgan fingerprint density at radius 2 is 1.67 bits per heavy atom. The van der Waals surface area contributed by atoms with Crippen molar-refractivity contribution in [1.82, 2.24) is 0 Å². The highest BCUT2D eigenvalue weighted by Gasteiger charge is 2.17. The van der Waals surface area contributed by atoms with Crippen LogP contribution in [0.5, 0.6) is 0 Å². The predicted octanol–water partition coefficient (Wildman–Crippen LogP) is 3.42. The van der Waals surface area contributed by atoms with Crippen LogP contribution in [0, 0.1) is 0 Å². The van der Waals surface area contributed by atoms with E-state index in [9.17, 15) is 4.79 Å². The van der Waals surface area contributed by atoms with E-state index in [2.05, 4.69) is 34.5 Å². The zero-order valence-electron chi connectivity index (χ0n) is 9.16. The minimum Gasteiger partial charge on any atom is -0.468 e. The second kappa shape index (κ2) is 5.31. The van der Waals surface area contributed by atoms with Gasteiger partial charge in [-0.05, 0) is 17.0 Å². The van der Waals surface area contributed by atoms with Crippen LogP contribution in [0.1, 0.15) is 35.7 Å². The van der Waals surface area contributed by atoms with Crippen molar-refractivity contribution in [2.75, 3.05) is 7.11 Å². The van der Waals surface area contributed by atoms with E-state index in [-0.39, 0.29) is 10.8 Å². The molecule has 1 atom stereocenters. The first-order valence-electron chi connectivity index (χ1n) is 4.88. The zero-order chi connectivity index (χ0) is 11.4. The van der Waals surface area contributed by atoms with Crippen LogP contribution in [0.4, 0.5) is 0 Å². The molecule has 0 aliphatic rings. The Morgan fingerprint density at radius 3 is 2.07 bits per heavy atom. The standard InChI is InChI=1S/C12H15BrO2/c1-8(2)9-4-6-10(7-5-9)11(13)12(14)15-3/h4-8,11H,1-3H3. The number of carbonyl (C=O) groups excluding carboxylic acids is 1. The molecule has 0 heterocycles. The lowest BCUT2D eigenvalue weighted by molar-refractivity contribution is -0.139. The van der Waals surface area contributed by atoms with Crippen molar-refractivity contribution in [2.45, 2.75) is 24.6 Å². The van der Waals surface area contributed by atoms with Gasteiger partial charge < -0.3 is 4.74 Å². The lowest BCUT2D eigenvalue weighted by atomic mass is 10.0. The third kappa shape index (κ3) is 3.06. The summed E-state index contributed by atoms with van der Waals surface area (Å²) in [4.78, 5) is 10.9. The number of esters is 1. The monoisotopic (exact) mass is 270 g/mol. The number of ether oxygens (including phenoxy) is 1. The molecule has 0 aromatic heterocycles. The van der Waals surface area contributed by atoms with Gasteiger partial charge in [0.1, 0.15) is 4.83 Å². The van der Waals surface area contributed by atoms with Gasteiger partial charge in [0.2, 0.25) is 0 Å². The van der Waals surface area contributed by atoms with Gasteiger partial charge in [-0.2, -0.15) is 0 Å². The highest BCUT2D eigenvalue weighted by atomic mass is 79.9. The van der Waals surface area contributed by atoms with Crippen LogP contribution >= 0.6 is 15.9 Å². The molecular weight excluding hydrogens is 256 g/mol. The molecule has 1 unspecified atom stereocenters. The third-order valence-electron chi connectivity index (χ3n) is 2.30. The summed E-state index contributed by atoms with van der Waals surface area (Å²) in [6.45, 7) is 4.28. The quantitative estimate of drug-likeness (QED) is 0.622. The van der Waals surface area contributed by atoms with Crippen molar-refractivity contribution in [3.63, 3.8) is 0 Å². The maximum absolute atomic E-state index is 11.3. The minimum atomic E-state index is -0.372. The fourth-order valence-corrected chi connectivity index (χ4v) is 1.78. The van der Waals surface area contributed by atoms with E-state index in [1.807, 2.05) is 24.3 Å². The molecule has 0 aliphatic heterocycles. The van der Waals surface area contributed by atoms with Crippen LogP contribution < -0.4 is 0 Å². The molecule has 0 radical (unpaired) electrons. The second-order valence-corrected chi connectivity index (χ2v) is 4.62. The molecule has 0 amide bonds. The molecule has 0 fully saturated rings. The number of halogens is 1. The van der Waals surface area contributed by atoms with Crippen LogP contribution in [-0.2, 0) is 9.53 Å². The number of methoxy groups -OCH3 is 1. The first kappa shape index (κ1) is 12.2. The Balaban J connectivity index is 2.84. The van der Waals surface area contributed by atoms with Crippen molar-refractivity contribution < 1.29 is 9.53 Å². The van der Waals surface area contributed by atoms with Gasteiger partial charge in [0, 0.05) is 0 Å². The van der Waals surface area contributed by atoms with Gasteiger partial charge in [0.25, 0.3) is 0 Å². The van der Waals surface area contributed by atoms with Crippen LogP contribution in [0.3, 0.4) is 0 Å². The van der Waals surface area contributed by atoms with Crippen molar-refractivity contribution in [3.05, 3.63) is 35.4 Å². The van der Waals surface area contributed by atoms with Crippen molar-refractivity contribution in [2.24, 2.45) is 0 Å². The van der Waals surface area contributed by atoms with E-state index in [1.165, 1.54) is 12.7 Å². The fourth-order valence-electron chi connectivity index (χ4n) is 1.29. The van der Waals surface area contributed by atoms with Gasteiger partial charge in [-0.25, -0.2) is 0 Å². The van der Waals surface area contributed by atoms with Gasteiger partial charge in [-0.1, -0.05) is 54.0 Å². The molecule has 0 bridgehead atoms. The average molecular weight is 271 g/mol. The summed E-state index contributed by atoms with van der Waals surface area (Å²) in [6.07, 6.45) is 0. The number of rotatable bonds is 3. The van der Waals surface area contributed by atoms with E-state index in [0.29, 0.717) is 5.92 Å². The molecule has 0 spiro atoms. The number of benzene rings is 1. The molecule has 0 saturated carbocycles. The van der Waals surface area contributed by atoms with E-state index >= 15 is 0 Å². The third-order valence-corrected chi connectivity index (χ3v) is 3.21. The molecule has 0 N–H and O–H groups in total. The summed E-state index contributed by atoms with van der Waals surface area (Å²) < 4.78 is 4.66. The SMILES string of the molecule is COC(=O)C(Br)c1ccc(C(C)C)cc1. The highest BCUT2D eigenvalue weighted by molar-refractivity contribution is 9.09. The van der Waals surface area contributed by atoms with Crippen molar-refractivity contribution >= 4 is 21.9 Å². The maximum Gasteiger partial charge on any atom is 0.323 e. The number of hydrogen-bond acceptors (Lipinski definition) is 2. The lowest BCUT2D eigenvalue weighted by Gasteiger charge is -2.10. The van der Waals surface area contributed by atoms with E-state index < -0.39 is 0 Å². The number of hydrogen-bond donors (Lipinski definition) is 0. The summed E-state index contributed by atoms with van der Waals surface area (Å²) in [5.74, 6) is 0.234. The van der Waals surface area contributed by atoms with E-state index in [0.717, 1.165) is 5.56 Å². The van der Waals surface area contributed by atoms with Crippen LogP contribution in [0.15, 0.2) is 24.3 Å². The fraction of sp³-hybridized carbons (Fsp3) is 0.417. The van der Waals surface area contributed by atoms with Crippen LogP contribution in [-0.4, -0.2) is 13.1 Å². The van der Waals surface area contributed by atoms with Crippen molar-refractivity contribution in [3.8, 4) is 0 Å². The Morgan fingerprint density at radius 1 is 1.20 bits per heavy atom. The molecule has 0 saturated heterocycles. The first-order valence-corrected chi connectivity index (χ1v) is 5.79. The van der Waals surface area contributed by atoms with Gasteiger partial charge >= 0.3 is 5.97 Å². The maximum atomic E-state index is 11.3. The van der Waals surface area contributed by atoms with E-state index in [1.54, 1.807) is 0 Å². The van der Waals surface area contributed by atoms with Crippen molar-refractivity contribution in [1.29, 1.82) is 0 Å². The summed E-state index contributed by atoms with van der Waals surface area (Å²) >= 11 is 3.30. The molecule has 2 nitrogen and oxygen atoms in total. The molecule has 1 rings (SSSR count). The summed E-state index contributed by atoms with van der Waals surface area (Å²) in [6, 6.07) is 7.98. The van der Waals surface area contributed by atoms with Gasteiger partial charge in [-0.15, -0.1) is 0 Å². The number of carbonyl (C=O) groups is 1. The Kier molecular flexibility index (Phi) is 4.33. The molecule has 3 heteroatoms. The highest BCUT2D eigenvalue weighted by Crippen LogP contribution is 2.25. The molecule has 0 aliphatic carbocycles. The molecule has 82 valence electrons. The topological polar surface area (TPSA) is 26.3 Å². The lowest BCUT2D eigenvalue weighted by Crippen LogP contribution is -2.08. The molecular formula is C12H15BrO2. The Hall–Kier alpha value is -0.830. The second-order valence-electron chi connectivity index (χ2n) is 3.71. The van der Waals surface area contributed by atoms with E-state index in [4.69, 9.17) is 0 Å². The summed E-state index contributed by atoms with van der Waals surface area (Å²) in [5, 5.41) is 0. The van der Waals surface area contributed by atoms with Gasteiger partial charge in [-0.3, -0.25) is 4.79 Å². The summed E-state index contributed by atoms with van der Waals surface area (Å²) in [5.41, 5.74) is 2.19. The average Bonchev–Trinajstić information content (AvgIpc) is 2.27. The number of alkyl halides is 1. The normalized spacial score (nSPS) is 12.6.